The van der Waals surface area contributed by atoms with Crippen LogP contribution >= 0.6 is 11.8 Å². The number of nitrogens with one attached hydrogen (secondary N) is 1. The van der Waals surface area contributed by atoms with Crippen LogP contribution in [0.1, 0.15) is 110 Å². The Balaban J connectivity index is -0.000000176. The van der Waals surface area contributed by atoms with Gasteiger partial charge in [0.2, 0.25) is 0 Å². The smallest absolute Gasteiger partial charge is 0.0110 e. The third kappa shape index (κ3) is 23.9. The lowest BCUT2D eigenvalue weighted by molar-refractivity contribution is 0.185. The Morgan fingerprint density at radius 1 is 0.500 bits per heavy atom. The highest BCUT2D eigenvalue weighted by Crippen LogP contribution is 2.11. The number of piperazine rings is 1. The van der Waals surface area contributed by atoms with Gasteiger partial charge < -0.3 is 10.2 Å². The van der Waals surface area contributed by atoms with E-state index in [0.717, 1.165) is 31.2 Å². The van der Waals surface area contributed by atoms with Crippen LogP contribution in [0.2, 0.25) is 0 Å². The van der Waals surface area contributed by atoms with E-state index in [9.17, 15) is 0 Å². The number of likely N-dealkylation sites (tertiary alicyclic amines) is 1. The summed E-state index contributed by atoms with van der Waals surface area (Å²) >= 11 is 2.07. The lowest BCUT2D eigenvalue weighted by Gasteiger charge is -2.30. The van der Waals surface area contributed by atoms with Crippen LogP contribution in [-0.4, -0.2) is 96.7 Å². The molecule has 0 aromatic rings. The molecule has 0 aromatic heterocycles. The first-order valence-electron chi connectivity index (χ1n) is 14.4. The van der Waals surface area contributed by atoms with Gasteiger partial charge in [-0.3, -0.25) is 9.80 Å². The van der Waals surface area contributed by atoms with Gasteiger partial charge in [0.05, 0.1) is 0 Å². The Kier molecular flexibility index (Phi) is 37.9. The van der Waals surface area contributed by atoms with Crippen molar-refractivity contribution in [3.05, 3.63) is 0 Å². The Hall–Kier alpha value is 0.190. The summed E-state index contributed by atoms with van der Waals surface area (Å²) in [4.78, 5) is 7.59. The van der Waals surface area contributed by atoms with E-state index in [1.165, 1.54) is 70.0 Å². The fourth-order valence-electron chi connectivity index (χ4n) is 3.73. The van der Waals surface area contributed by atoms with Crippen LogP contribution in [0.5, 0.6) is 0 Å². The fraction of sp³-hybridized carbons (Fsp3) is 1.00. The Morgan fingerprint density at radius 2 is 0.824 bits per heavy atom. The molecule has 5 heteroatoms. The molecule has 0 aromatic carbocycles. The molecule has 3 rings (SSSR count). The Morgan fingerprint density at radius 3 is 1.09 bits per heavy atom. The lowest BCUT2D eigenvalue weighted by Crippen LogP contribution is -2.46. The van der Waals surface area contributed by atoms with Crippen LogP contribution < -0.4 is 5.32 Å². The van der Waals surface area contributed by atoms with E-state index >= 15 is 0 Å². The number of nitrogens with zero attached hydrogens (tertiary/aromatic N) is 3. The Bertz CT molecular complexity index is 281. The zero-order valence-corrected chi connectivity index (χ0v) is 26.0. The van der Waals surface area contributed by atoms with Crippen LogP contribution in [0.4, 0.5) is 0 Å². The van der Waals surface area contributed by atoms with Crippen molar-refractivity contribution in [3.63, 3.8) is 0 Å². The topological polar surface area (TPSA) is 21.8 Å². The van der Waals surface area contributed by atoms with Crippen LogP contribution in [0.3, 0.4) is 0 Å². The molecule has 0 unspecified atom stereocenters. The molecule has 0 amide bonds. The molecular weight excluding hydrogens is 436 g/mol. The van der Waals surface area contributed by atoms with Crippen molar-refractivity contribution in [2.75, 3.05) is 63.9 Å². The van der Waals surface area contributed by atoms with Crippen LogP contribution in [0, 0.1) is 0 Å². The second-order valence-electron chi connectivity index (χ2n) is 8.81. The van der Waals surface area contributed by atoms with E-state index in [4.69, 9.17) is 0 Å². The summed E-state index contributed by atoms with van der Waals surface area (Å²) in [5, 5.41) is 3.33. The van der Waals surface area contributed by atoms with E-state index < -0.39 is 0 Å². The van der Waals surface area contributed by atoms with Crippen LogP contribution in [0.15, 0.2) is 0 Å². The first kappa shape index (κ1) is 41.3. The molecule has 0 aliphatic carbocycles. The van der Waals surface area contributed by atoms with Gasteiger partial charge in [0.15, 0.2) is 0 Å². The van der Waals surface area contributed by atoms with Crippen molar-refractivity contribution in [2.24, 2.45) is 0 Å². The summed E-state index contributed by atoms with van der Waals surface area (Å²) in [6.07, 6.45) is 4.28. The lowest BCUT2D eigenvalue weighted by atomic mass is 10.1. The van der Waals surface area contributed by atoms with Gasteiger partial charge in [-0.15, -0.1) is 0 Å². The quantitative estimate of drug-likeness (QED) is 0.431. The summed E-state index contributed by atoms with van der Waals surface area (Å²) in [6.45, 7) is 35.6. The summed E-state index contributed by atoms with van der Waals surface area (Å²) in [5.41, 5.74) is 0. The zero-order valence-electron chi connectivity index (χ0n) is 25.2. The van der Waals surface area contributed by atoms with Crippen LogP contribution in [-0.2, 0) is 0 Å². The van der Waals surface area contributed by atoms with E-state index in [1.54, 1.807) is 0 Å². The second-order valence-corrected chi connectivity index (χ2v) is 10.0. The maximum absolute atomic E-state index is 3.33. The van der Waals surface area contributed by atoms with Gasteiger partial charge in [-0.05, 0) is 67.5 Å². The zero-order chi connectivity index (χ0) is 26.1. The first-order chi connectivity index (χ1) is 15.9. The molecule has 1 N–H and O–H groups in total. The fourth-order valence-corrected chi connectivity index (χ4v) is 4.66. The van der Waals surface area contributed by atoms with Crippen molar-refractivity contribution in [1.82, 2.24) is 20.0 Å². The van der Waals surface area contributed by atoms with Gasteiger partial charge in [0.25, 0.3) is 0 Å². The van der Waals surface area contributed by atoms with E-state index in [1.807, 2.05) is 41.5 Å². The molecule has 3 heterocycles. The highest BCUT2D eigenvalue weighted by atomic mass is 32.2. The van der Waals surface area contributed by atoms with Gasteiger partial charge >= 0.3 is 0 Å². The van der Waals surface area contributed by atoms with Crippen LogP contribution in [0.25, 0.3) is 0 Å². The molecule has 0 saturated carbocycles. The monoisotopic (exact) mass is 507 g/mol. The predicted octanol–water partition coefficient (Wildman–Crippen LogP) is 7.34. The molecule has 3 aliphatic rings. The minimum absolute atomic E-state index is 0. The highest BCUT2D eigenvalue weighted by Gasteiger charge is 2.13. The number of rotatable bonds is 3. The third-order valence-corrected chi connectivity index (χ3v) is 6.72. The second kappa shape index (κ2) is 31.2. The number of hydrogen-bond donors (Lipinski definition) is 1. The van der Waals surface area contributed by atoms with Gasteiger partial charge in [0.1, 0.15) is 0 Å². The summed E-state index contributed by atoms with van der Waals surface area (Å²) < 4.78 is 0. The van der Waals surface area contributed by atoms with Crippen molar-refractivity contribution < 1.29 is 0 Å². The van der Waals surface area contributed by atoms with E-state index in [-0.39, 0.29) is 7.43 Å². The van der Waals surface area contributed by atoms with Gasteiger partial charge in [0, 0.05) is 68.9 Å². The SMILES string of the molecule is C.CC.CC.CC.CC(C)N1CCCCC1.CC(C)N1CCNCC1.CC(C)N1CCSCC1. The van der Waals surface area contributed by atoms with Gasteiger partial charge in [-0.1, -0.05) is 55.4 Å². The molecule has 0 bridgehead atoms. The molecule has 4 nitrogen and oxygen atoms in total. The molecule has 3 fully saturated rings. The molecule has 212 valence electrons. The molecule has 34 heavy (non-hydrogen) atoms. The number of hydrogen-bond acceptors (Lipinski definition) is 5. The highest BCUT2D eigenvalue weighted by molar-refractivity contribution is 7.99. The predicted molar refractivity (Wildman–Crippen MR) is 165 cm³/mol. The molecular formula is C29H70N4S. The maximum atomic E-state index is 3.33. The minimum Gasteiger partial charge on any atom is -0.314 e. The largest absolute Gasteiger partial charge is 0.314 e. The van der Waals surface area contributed by atoms with Crippen molar-refractivity contribution in [1.29, 1.82) is 0 Å². The van der Waals surface area contributed by atoms with Gasteiger partial charge in [-0.25, -0.2) is 0 Å². The van der Waals surface area contributed by atoms with E-state index in [2.05, 4.69) is 73.3 Å². The standard InChI is InChI=1S/C8H17N.C7H16N2.C7H15NS.3C2H6.CH4/c1-8(2)9-6-4-3-5-7-9;1-7(2)9-5-3-8-4-6-9;1-7(2)8-3-5-9-6-4-8;3*1-2;/h8H,3-7H2,1-2H3;7-8H,3-6H2,1-2H3;7H,3-6H2,1-2H3;3*1-2H3;1H4. The van der Waals surface area contributed by atoms with E-state index in [0.29, 0.717) is 0 Å². The molecule has 3 aliphatic heterocycles. The summed E-state index contributed by atoms with van der Waals surface area (Å²) in [7, 11) is 0. The Labute approximate surface area is 223 Å². The first-order valence-corrected chi connectivity index (χ1v) is 15.6. The maximum Gasteiger partial charge on any atom is 0.0110 e. The molecule has 0 atom stereocenters. The van der Waals surface area contributed by atoms with Crippen molar-refractivity contribution >= 4 is 11.8 Å². The molecule has 0 spiro atoms. The average molecular weight is 507 g/mol. The van der Waals surface area contributed by atoms with Gasteiger partial charge in [-0.2, -0.15) is 11.8 Å². The average Bonchev–Trinajstić information content (AvgIpc) is 2.90. The summed E-state index contributed by atoms with van der Waals surface area (Å²) in [6, 6.07) is 2.25. The van der Waals surface area contributed by atoms with Crippen molar-refractivity contribution in [3.8, 4) is 0 Å². The molecule has 3 saturated heterocycles. The summed E-state index contributed by atoms with van der Waals surface area (Å²) in [5.74, 6) is 2.66. The number of thioether (sulfide) groups is 1. The number of piperidine rings is 1. The normalized spacial score (nSPS) is 18.8. The third-order valence-electron chi connectivity index (χ3n) is 5.78. The molecule has 0 radical (unpaired) electrons. The van der Waals surface area contributed by atoms with Crippen molar-refractivity contribution in [2.45, 2.75) is 128 Å². The minimum atomic E-state index is 0.